The first kappa shape index (κ1) is 28.7. The molecule has 2 aromatic rings. The highest BCUT2D eigenvalue weighted by Gasteiger charge is 2.45. The van der Waals surface area contributed by atoms with Crippen LogP contribution < -0.4 is 18.9 Å². The Morgan fingerprint density at radius 3 is 2.28 bits per heavy atom. The minimum absolute atomic E-state index is 0.0449. The van der Waals surface area contributed by atoms with Crippen LogP contribution in [0.25, 0.3) is 0 Å². The van der Waals surface area contributed by atoms with Gasteiger partial charge in [-0.1, -0.05) is 13.0 Å². The summed E-state index contributed by atoms with van der Waals surface area (Å²) in [6, 6.07) is 9.42. The van der Waals surface area contributed by atoms with Gasteiger partial charge in [-0.3, -0.25) is 14.6 Å². The maximum absolute atomic E-state index is 13.9. The van der Waals surface area contributed by atoms with Gasteiger partial charge >= 0.3 is 5.97 Å². The number of ketones is 1. The number of carbonyl (C=O) groups is 2. The molecule has 4 rings (SSSR count). The average Bonchev–Trinajstić information content (AvgIpc) is 2.93. The lowest BCUT2D eigenvalue weighted by Crippen LogP contribution is -2.38. The molecule has 1 heterocycles. The van der Waals surface area contributed by atoms with Crippen LogP contribution in [-0.4, -0.2) is 52.5 Å². The van der Waals surface area contributed by atoms with Gasteiger partial charge in [0.1, 0.15) is 5.92 Å². The van der Waals surface area contributed by atoms with Gasteiger partial charge in [-0.25, -0.2) is 0 Å². The zero-order valence-electron chi connectivity index (χ0n) is 23.1. The highest BCUT2D eigenvalue weighted by molar-refractivity contribution is 9.10. The van der Waals surface area contributed by atoms with Crippen LogP contribution in [0.5, 0.6) is 23.0 Å². The molecule has 39 heavy (non-hydrogen) atoms. The van der Waals surface area contributed by atoms with Gasteiger partial charge in [0.2, 0.25) is 0 Å². The predicted molar refractivity (Wildman–Crippen MR) is 151 cm³/mol. The molecule has 0 fully saturated rings. The number of halogens is 1. The minimum atomic E-state index is -0.734. The van der Waals surface area contributed by atoms with Gasteiger partial charge in [-0.05, 0) is 77.0 Å². The van der Waals surface area contributed by atoms with E-state index in [1.807, 2.05) is 44.2 Å². The number of benzene rings is 2. The first-order valence-corrected chi connectivity index (χ1v) is 13.7. The molecule has 3 atom stereocenters. The molecule has 0 spiro atoms. The average molecular weight is 601 g/mol. The highest BCUT2D eigenvalue weighted by atomic mass is 79.9. The van der Waals surface area contributed by atoms with Gasteiger partial charge in [-0.15, -0.1) is 0 Å². The Kier molecular flexibility index (Phi) is 9.00. The number of methoxy groups -OCH3 is 4. The van der Waals surface area contributed by atoms with Crippen LogP contribution in [0.2, 0.25) is 0 Å². The zero-order chi connectivity index (χ0) is 28.3. The third-order valence-corrected chi connectivity index (χ3v) is 7.87. The molecule has 1 unspecified atom stereocenters. The number of allylic oxidation sites excluding steroid dienone is 2. The molecular weight excluding hydrogens is 566 g/mol. The van der Waals surface area contributed by atoms with Gasteiger partial charge in [0.15, 0.2) is 28.8 Å². The first-order chi connectivity index (χ1) is 18.8. The monoisotopic (exact) mass is 599 g/mol. The quantitative estimate of drug-likeness (QED) is 0.326. The molecule has 0 bridgehead atoms. The molecule has 0 radical (unpaired) electrons. The fourth-order valence-electron chi connectivity index (χ4n) is 5.48. The van der Waals surface area contributed by atoms with Crippen molar-refractivity contribution in [2.45, 2.75) is 44.9 Å². The summed E-state index contributed by atoms with van der Waals surface area (Å²) in [5, 5.41) is 0. The van der Waals surface area contributed by atoms with Crippen LogP contribution in [0.4, 0.5) is 0 Å². The molecule has 2 aromatic carbocycles. The summed E-state index contributed by atoms with van der Waals surface area (Å²) >= 11 is 3.57. The van der Waals surface area contributed by atoms with Crippen LogP contribution in [-0.2, 0) is 14.3 Å². The van der Waals surface area contributed by atoms with Gasteiger partial charge in [-0.2, -0.15) is 0 Å². The lowest BCUT2D eigenvalue weighted by atomic mass is 9.69. The van der Waals surface area contributed by atoms with Crippen molar-refractivity contribution >= 4 is 33.4 Å². The van der Waals surface area contributed by atoms with Crippen LogP contribution >= 0.6 is 15.9 Å². The molecule has 0 aromatic heterocycles. The number of carbonyl (C=O) groups excluding carboxylic acids is 2. The topological polar surface area (TPSA) is 92.7 Å². The Hall–Kier alpha value is -3.33. The Morgan fingerprint density at radius 2 is 1.64 bits per heavy atom. The van der Waals surface area contributed by atoms with E-state index >= 15 is 0 Å². The molecule has 0 saturated carbocycles. The maximum atomic E-state index is 13.9. The minimum Gasteiger partial charge on any atom is -0.493 e. The molecule has 0 N–H and O–H groups in total. The summed E-state index contributed by atoms with van der Waals surface area (Å²) in [6.45, 7) is 4.07. The van der Waals surface area contributed by atoms with E-state index in [0.717, 1.165) is 11.1 Å². The van der Waals surface area contributed by atoms with E-state index in [-0.39, 0.29) is 18.1 Å². The largest absolute Gasteiger partial charge is 0.493 e. The fraction of sp³-hybridized carbons (Fsp3) is 0.433. The third kappa shape index (κ3) is 5.55. The number of aliphatic imine (C=N–C) groups is 1. The summed E-state index contributed by atoms with van der Waals surface area (Å²) in [4.78, 5) is 32.1. The number of Topliss-reactive ketones (excluding diaryl/α,β-unsaturated/α-hetero) is 1. The first-order valence-electron chi connectivity index (χ1n) is 12.9. The zero-order valence-corrected chi connectivity index (χ0v) is 24.7. The number of ether oxygens (including phenoxy) is 5. The van der Waals surface area contributed by atoms with Gasteiger partial charge in [0.05, 0.1) is 39.5 Å². The van der Waals surface area contributed by atoms with E-state index in [4.69, 9.17) is 28.7 Å². The summed E-state index contributed by atoms with van der Waals surface area (Å²) in [6.07, 6.45) is 1.53. The number of esters is 1. The van der Waals surface area contributed by atoms with E-state index in [1.165, 1.54) is 0 Å². The molecular formula is C30H34BrNO7. The summed E-state index contributed by atoms with van der Waals surface area (Å²) in [5.74, 6) is 0.431. The second-order valence-electron chi connectivity index (χ2n) is 9.62. The van der Waals surface area contributed by atoms with Gasteiger partial charge in [0.25, 0.3) is 0 Å². The SMILES string of the molecule is CCCOC(=O)C1C(C)=NC2=C(C(=O)C[C@H](c3ccc(OC)c(OC)c3)C2)[C@H]1c1cc(Br)c(OC)c(OC)c1. The molecule has 8 nitrogen and oxygen atoms in total. The van der Waals surface area contributed by atoms with Crippen molar-refractivity contribution in [1.82, 2.24) is 0 Å². The smallest absolute Gasteiger partial charge is 0.315 e. The van der Waals surface area contributed by atoms with Crippen LogP contribution in [0.3, 0.4) is 0 Å². The van der Waals surface area contributed by atoms with Crippen molar-refractivity contribution in [2.24, 2.45) is 10.9 Å². The molecule has 208 valence electrons. The number of hydrogen-bond donors (Lipinski definition) is 0. The molecule has 9 heteroatoms. The third-order valence-electron chi connectivity index (χ3n) is 7.28. The van der Waals surface area contributed by atoms with Crippen molar-refractivity contribution in [2.75, 3.05) is 35.0 Å². The van der Waals surface area contributed by atoms with Crippen LogP contribution in [0.1, 0.15) is 56.1 Å². The second-order valence-corrected chi connectivity index (χ2v) is 10.5. The number of nitrogens with zero attached hydrogens (tertiary/aromatic N) is 1. The van der Waals surface area contributed by atoms with E-state index < -0.39 is 17.8 Å². The van der Waals surface area contributed by atoms with Crippen molar-refractivity contribution < 1.29 is 33.3 Å². The van der Waals surface area contributed by atoms with E-state index in [0.29, 0.717) is 63.9 Å². The highest BCUT2D eigenvalue weighted by Crippen LogP contribution is 2.49. The summed E-state index contributed by atoms with van der Waals surface area (Å²) < 4.78 is 28.2. The lowest BCUT2D eigenvalue weighted by Gasteiger charge is -2.36. The van der Waals surface area contributed by atoms with Crippen molar-refractivity contribution in [3.63, 3.8) is 0 Å². The Bertz CT molecular complexity index is 1330. The molecule has 0 saturated heterocycles. The number of rotatable bonds is 9. The Labute approximate surface area is 237 Å². The Morgan fingerprint density at radius 1 is 0.949 bits per heavy atom. The fourth-order valence-corrected chi connectivity index (χ4v) is 6.10. The predicted octanol–water partition coefficient (Wildman–Crippen LogP) is 6.01. The van der Waals surface area contributed by atoms with Crippen molar-refractivity contribution in [3.05, 3.63) is 57.2 Å². The van der Waals surface area contributed by atoms with E-state index in [2.05, 4.69) is 15.9 Å². The van der Waals surface area contributed by atoms with Gasteiger partial charge in [0, 0.05) is 29.3 Å². The normalized spacial score (nSPS) is 20.6. The van der Waals surface area contributed by atoms with E-state index in [1.54, 1.807) is 28.4 Å². The van der Waals surface area contributed by atoms with E-state index in [9.17, 15) is 9.59 Å². The molecule has 0 amide bonds. The molecule has 1 aliphatic carbocycles. The molecule has 2 aliphatic rings. The maximum Gasteiger partial charge on any atom is 0.315 e. The van der Waals surface area contributed by atoms with Crippen molar-refractivity contribution in [1.29, 1.82) is 0 Å². The van der Waals surface area contributed by atoms with Crippen LogP contribution in [0.15, 0.2) is 51.1 Å². The number of hydrogen-bond acceptors (Lipinski definition) is 8. The molecule has 1 aliphatic heterocycles. The second kappa shape index (κ2) is 12.2. The standard InChI is InChI=1S/C30H34BrNO7/c1-7-10-39-30(34)26-16(2)32-21-12-18(17-8-9-23(35-3)24(14-17)36-4)13-22(33)28(21)27(26)19-11-20(31)29(38-6)25(15-19)37-5/h8-9,11,14-15,18,26-27H,7,10,12-13H2,1-6H3/t18-,26?,27+/m1/s1. The van der Waals surface area contributed by atoms with Crippen molar-refractivity contribution in [3.8, 4) is 23.0 Å². The lowest BCUT2D eigenvalue weighted by molar-refractivity contribution is -0.146. The Balaban J connectivity index is 1.83. The van der Waals surface area contributed by atoms with Crippen LogP contribution in [0, 0.1) is 5.92 Å². The van der Waals surface area contributed by atoms with Gasteiger partial charge < -0.3 is 23.7 Å². The summed E-state index contributed by atoms with van der Waals surface area (Å²) in [7, 11) is 6.29. The summed E-state index contributed by atoms with van der Waals surface area (Å²) in [5.41, 5.74) is 3.58.